The van der Waals surface area contributed by atoms with E-state index in [1.807, 2.05) is 5.38 Å². The van der Waals surface area contributed by atoms with Gasteiger partial charge in [-0.1, -0.05) is 36.2 Å². The van der Waals surface area contributed by atoms with E-state index in [0.717, 1.165) is 35.5 Å². The maximum Gasteiger partial charge on any atom is 0.220 e. The van der Waals surface area contributed by atoms with Gasteiger partial charge in [-0.3, -0.25) is 9.59 Å². The number of nitrogens with zero attached hydrogens (tertiary/aromatic N) is 1. The normalized spacial score (nSPS) is 10.5. The fourth-order valence-corrected chi connectivity index (χ4v) is 3.02. The number of benzene rings is 1. The van der Waals surface area contributed by atoms with Crippen molar-refractivity contribution in [1.82, 2.24) is 10.3 Å². The van der Waals surface area contributed by atoms with Crippen LogP contribution >= 0.6 is 11.3 Å². The van der Waals surface area contributed by atoms with Crippen molar-refractivity contribution in [3.63, 3.8) is 0 Å². The molecule has 128 valence electrons. The second-order valence-electron chi connectivity index (χ2n) is 5.80. The number of nitrogens with two attached hydrogens (primary N) is 1. The second kappa shape index (κ2) is 9.17. The molecule has 2 aromatic rings. The van der Waals surface area contributed by atoms with Crippen molar-refractivity contribution in [2.75, 3.05) is 0 Å². The summed E-state index contributed by atoms with van der Waals surface area (Å²) in [7, 11) is 0. The highest BCUT2D eigenvalue weighted by Crippen LogP contribution is 2.22. The highest BCUT2D eigenvalue weighted by molar-refractivity contribution is 7.09. The number of nitrogens with one attached hydrogen (secondary N) is 1. The maximum absolute atomic E-state index is 11.8. The van der Waals surface area contributed by atoms with E-state index in [2.05, 4.69) is 41.5 Å². The number of aryl methyl sites for hydroxylation is 1. The standard InChI is InChI=1S/C18H23N3O2S/c1-13-7-9-14(10-8-13)15-12-24-18(21-15)11-20-17(23)6-4-2-3-5-16(19)22/h7-10,12H,2-6,11H2,1H3,(H2,19,22)(H,20,23). The third-order valence-electron chi connectivity index (χ3n) is 3.66. The first-order chi connectivity index (χ1) is 11.5. The van der Waals surface area contributed by atoms with Gasteiger partial charge >= 0.3 is 0 Å². The topological polar surface area (TPSA) is 85.1 Å². The molecule has 0 aliphatic carbocycles. The van der Waals surface area contributed by atoms with E-state index in [4.69, 9.17) is 5.73 Å². The van der Waals surface area contributed by atoms with Gasteiger partial charge < -0.3 is 11.1 Å². The minimum Gasteiger partial charge on any atom is -0.370 e. The van der Waals surface area contributed by atoms with Crippen molar-refractivity contribution in [2.45, 2.75) is 45.6 Å². The van der Waals surface area contributed by atoms with Gasteiger partial charge in [0.25, 0.3) is 0 Å². The molecular weight excluding hydrogens is 322 g/mol. The summed E-state index contributed by atoms with van der Waals surface area (Å²) in [6.07, 6.45) is 3.21. The van der Waals surface area contributed by atoms with Gasteiger partial charge in [-0.15, -0.1) is 11.3 Å². The van der Waals surface area contributed by atoms with Crippen LogP contribution in [0.4, 0.5) is 0 Å². The molecule has 0 fully saturated rings. The lowest BCUT2D eigenvalue weighted by molar-refractivity contribution is -0.121. The van der Waals surface area contributed by atoms with Crippen LogP contribution in [0.25, 0.3) is 11.3 Å². The quantitative estimate of drug-likeness (QED) is 0.685. The summed E-state index contributed by atoms with van der Waals surface area (Å²) in [5, 5.41) is 5.80. The van der Waals surface area contributed by atoms with E-state index in [0.29, 0.717) is 19.4 Å². The third kappa shape index (κ3) is 6.12. The van der Waals surface area contributed by atoms with Gasteiger partial charge in [-0.05, 0) is 19.8 Å². The Kier molecular flexibility index (Phi) is 6.93. The average Bonchev–Trinajstić information content (AvgIpc) is 3.02. The fraction of sp³-hybridized carbons (Fsp3) is 0.389. The van der Waals surface area contributed by atoms with E-state index >= 15 is 0 Å². The van der Waals surface area contributed by atoms with Gasteiger partial charge in [-0.25, -0.2) is 4.98 Å². The van der Waals surface area contributed by atoms with Crippen molar-refractivity contribution >= 4 is 23.2 Å². The Labute approximate surface area is 146 Å². The van der Waals surface area contributed by atoms with Crippen molar-refractivity contribution in [3.05, 3.63) is 40.2 Å². The van der Waals surface area contributed by atoms with Gasteiger partial charge in [0.05, 0.1) is 12.2 Å². The van der Waals surface area contributed by atoms with Gasteiger partial charge in [0, 0.05) is 23.8 Å². The molecule has 1 heterocycles. The Morgan fingerprint density at radius 1 is 1.12 bits per heavy atom. The van der Waals surface area contributed by atoms with Crippen molar-refractivity contribution < 1.29 is 9.59 Å². The Hall–Kier alpha value is -2.21. The van der Waals surface area contributed by atoms with Gasteiger partial charge in [0.1, 0.15) is 5.01 Å². The van der Waals surface area contributed by atoms with Crippen LogP contribution in [0.5, 0.6) is 0 Å². The summed E-state index contributed by atoms with van der Waals surface area (Å²) in [5.74, 6) is -0.270. The first kappa shape index (κ1) is 18.1. The smallest absolute Gasteiger partial charge is 0.220 e. The van der Waals surface area contributed by atoms with Crippen LogP contribution in [0.3, 0.4) is 0 Å². The number of carbonyl (C=O) groups is 2. The number of hydrogen-bond donors (Lipinski definition) is 2. The predicted octanol–water partition coefficient (Wildman–Crippen LogP) is 3.17. The molecule has 3 N–H and O–H groups in total. The van der Waals surface area contributed by atoms with Crippen LogP contribution in [0, 0.1) is 6.92 Å². The zero-order chi connectivity index (χ0) is 17.4. The minimum atomic E-state index is -0.285. The van der Waals surface area contributed by atoms with Crippen LogP contribution in [-0.4, -0.2) is 16.8 Å². The first-order valence-corrected chi connectivity index (χ1v) is 8.99. The zero-order valence-electron chi connectivity index (χ0n) is 13.9. The molecule has 2 amide bonds. The first-order valence-electron chi connectivity index (χ1n) is 8.11. The molecule has 0 aliphatic heterocycles. The molecule has 6 heteroatoms. The molecule has 0 saturated carbocycles. The molecule has 5 nitrogen and oxygen atoms in total. The molecule has 2 rings (SSSR count). The maximum atomic E-state index is 11.8. The summed E-state index contributed by atoms with van der Waals surface area (Å²) in [5.41, 5.74) is 8.32. The average molecular weight is 345 g/mol. The van der Waals surface area contributed by atoms with E-state index in [9.17, 15) is 9.59 Å². The van der Waals surface area contributed by atoms with E-state index in [1.165, 1.54) is 5.56 Å². The van der Waals surface area contributed by atoms with Crippen LogP contribution in [0.1, 0.15) is 42.7 Å². The molecule has 24 heavy (non-hydrogen) atoms. The summed E-state index contributed by atoms with van der Waals surface area (Å²) in [4.78, 5) is 27.0. The molecule has 1 aromatic carbocycles. The Morgan fingerprint density at radius 3 is 2.54 bits per heavy atom. The van der Waals surface area contributed by atoms with Crippen molar-refractivity contribution in [1.29, 1.82) is 0 Å². The summed E-state index contributed by atoms with van der Waals surface area (Å²) in [6.45, 7) is 2.51. The third-order valence-corrected chi connectivity index (χ3v) is 4.51. The highest BCUT2D eigenvalue weighted by Gasteiger charge is 2.07. The van der Waals surface area contributed by atoms with E-state index in [1.54, 1.807) is 11.3 Å². The van der Waals surface area contributed by atoms with E-state index in [-0.39, 0.29) is 11.8 Å². The number of amides is 2. The fourth-order valence-electron chi connectivity index (χ4n) is 2.27. The molecule has 0 radical (unpaired) electrons. The molecule has 0 atom stereocenters. The summed E-state index contributed by atoms with van der Waals surface area (Å²) in [6, 6.07) is 8.24. The molecule has 0 bridgehead atoms. The van der Waals surface area contributed by atoms with Gasteiger partial charge in [0.15, 0.2) is 0 Å². The molecule has 0 aliphatic rings. The molecular formula is C18H23N3O2S. The van der Waals surface area contributed by atoms with Gasteiger partial charge in [0.2, 0.25) is 11.8 Å². The number of unbranched alkanes of at least 4 members (excludes halogenated alkanes) is 2. The van der Waals surface area contributed by atoms with Crippen LogP contribution in [-0.2, 0) is 16.1 Å². The Bertz CT molecular complexity index is 680. The summed E-state index contributed by atoms with van der Waals surface area (Å²) >= 11 is 1.55. The highest BCUT2D eigenvalue weighted by atomic mass is 32.1. The number of aromatic nitrogens is 1. The monoisotopic (exact) mass is 345 g/mol. The largest absolute Gasteiger partial charge is 0.370 e. The number of thiazole rings is 1. The second-order valence-corrected chi connectivity index (χ2v) is 6.74. The molecule has 1 aromatic heterocycles. The van der Waals surface area contributed by atoms with Crippen LogP contribution in [0.15, 0.2) is 29.6 Å². The van der Waals surface area contributed by atoms with Gasteiger partial charge in [-0.2, -0.15) is 0 Å². The van der Waals surface area contributed by atoms with Crippen LogP contribution in [0.2, 0.25) is 0 Å². The zero-order valence-corrected chi connectivity index (χ0v) is 14.7. The number of hydrogen-bond acceptors (Lipinski definition) is 4. The lowest BCUT2D eigenvalue weighted by atomic mass is 10.1. The van der Waals surface area contributed by atoms with Crippen molar-refractivity contribution in [2.24, 2.45) is 5.73 Å². The number of carbonyl (C=O) groups excluding carboxylic acids is 2. The Balaban J connectivity index is 1.71. The molecule has 0 unspecified atom stereocenters. The SMILES string of the molecule is Cc1ccc(-c2csc(CNC(=O)CCCCCC(N)=O)n2)cc1. The lowest BCUT2D eigenvalue weighted by Crippen LogP contribution is -2.22. The minimum absolute atomic E-state index is 0.0150. The molecule has 0 spiro atoms. The van der Waals surface area contributed by atoms with E-state index < -0.39 is 0 Å². The predicted molar refractivity (Wildman–Crippen MR) is 96.4 cm³/mol. The number of primary amides is 1. The lowest BCUT2D eigenvalue weighted by Gasteiger charge is -2.03. The van der Waals surface area contributed by atoms with Crippen LogP contribution < -0.4 is 11.1 Å². The Morgan fingerprint density at radius 2 is 1.83 bits per heavy atom. The summed E-state index contributed by atoms with van der Waals surface area (Å²) < 4.78 is 0. The number of rotatable bonds is 9. The molecule has 0 saturated heterocycles. The van der Waals surface area contributed by atoms with Crippen molar-refractivity contribution in [3.8, 4) is 11.3 Å².